The summed E-state index contributed by atoms with van der Waals surface area (Å²) in [5.41, 5.74) is 1.51. The van der Waals surface area contributed by atoms with Gasteiger partial charge in [-0.15, -0.1) is 0 Å². The largest absolute Gasteiger partial charge is 0.338 e. The lowest BCUT2D eigenvalue weighted by Gasteiger charge is -2.36. The predicted molar refractivity (Wildman–Crippen MR) is 84.3 cm³/mol. The topological polar surface area (TPSA) is 45.2 Å². The van der Waals surface area contributed by atoms with Gasteiger partial charge in [-0.2, -0.15) is 0 Å². The lowest BCUT2D eigenvalue weighted by molar-refractivity contribution is 0.0651. The molecular weight excluding hydrogens is 262 g/mol. The van der Waals surface area contributed by atoms with Gasteiger partial charge in [0.25, 0.3) is 5.91 Å². The van der Waals surface area contributed by atoms with E-state index >= 15 is 0 Å². The predicted octanol–water partition coefficient (Wildman–Crippen LogP) is 2.30. The van der Waals surface area contributed by atoms with E-state index in [1.54, 1.807) is 6.20 Å². The molecule has 0 spiro atoms. The number of pyridine rings is 1. The van der Waals surface area contributed by atoms with E-state index in [1.165, 1.54) is 0 Å². The first-order valence-corrected chi connectivity index (χ1v) is 7.51. The smallest absolute Gasteiger partial charge is 0.256 e. The van der Waals surface area contributed by atoms with Gasteiger partial charge in [0.15, 0.2) is 0 Å². The molecular formula is C17H21N3O. The monoisotopic (exact) mass is 283 g/mol. The average molecular weight is 283 g/mol. The Hall–Kier alpha value is -1.94. The molecule has 1 amide bonds. The highest BCUT2D eigenvalue weighted by atomic mass is 16.2. The standard InChI is InChI=1S/C17H21N3O/c1-12-11-20(10-8-15(12)18-2)17(21)14-7-3-5-13-6-4-9-19-16(13)14/h3-7,9,12,15,18H,8,10-11H2,1-2H3. The molecule has 1 aliphatic rings. The maximum absolute atomic E-state index is 12.8. The van der Waals surface area contributed by atoms with E-state index in [2.05, 4.69) is 17.2 Å². The van der Waals surface area contributed by atoms with E-state index < -0.39 is 0 Å². The summed E-state index contributed by atoms with van der Waals surface area (Å²) >= 11 is 0. The maximum atomic E-state index is 12.8. The highest BCUT2D eigenvalue weighted by Crippen LogP contribution is 2.22. The Labute approximate surface area is 125 Å². The molecule has 1 fully saturated rings. The number of hydrogen-bond donors (Lipinski definition) is 1. The number of amides is 1. The van der Waals surface area contributed by atoms with Gasteiger partial charge in [0.2, 0.25) is 0 Å². The average Bonchev–Trinajstić information content (AvgIpc) is 2.53. The summed E-state index contributed by atoms with van der Waals surface area (Å²) in [6, 6.07) is 10.2. The van der Waals surface area contributed by atoms with Crippen molar-refractivity contribution in [3.8, 4) is 0 Å². The zero-order valence-corrected chi connectivity index (χ0v) is 12.5. The minimum atomic E-state index is 0.0979. The summed E-state index contributed by atoms with van der Waals surface area (Å²) in [6.45, 7) is 3.80. The molecule has 1 saturated heterocycles. The second kappa shape index (κ2) is 5.82. The number of carbonyl (C=O) groups excluding carboxylic acids is 1. The van der Waals surface area contributed by atoms with Gasteiger partial charge >= 0.3 is 0 Å². The normalized spacial score (nSPS) is 22.5. The van der Waals surface area contributed by atoms with Crippen LogP contribution in [0.3, 0.4) is 0 Å². The Morgan fingerprint density at radius 1 is 1.33 bits per heavy atom. The number of likely N-dealkylation sites (tertiary alicyclic amines) is 1. The number of hydrogen-bond acceptors (Lipinski definition) is 3. The fourth-order valence-corrected chi connectivity index (χ4v) is 3.21. The van der Waals surface area contributed by atoms with Crippen LogP contribution in [0.25, 0.3) is 10.9 Å². The van der Waals surface area contributed by atoms with Gasteiger partial charge in [-0.25, -0.2) is 0 Å². The highest BCUT2D eigenvalue weighted by molar-refractivity contribution is 6.05. The lowest BCUT2D eigenvalue weighted by atomic mass is 9.93. The fourth-order valence-electron chi connectivity index (χ4n) is 3.21. The summed E-state index contributed by atoms with van der Waals surface area (Å²) in [6.07, 6.45) is 2.75. The Morgan fingerprint density at radius 2 is 2.14 bits per heavy atom. The maximum Gasteiger partial charge on any atom is 0.256 e. The Morgan fingerprint density at radius 3 is 2.90 bits per heavy atom. The number of rotatable bonds is 2. The molecule has 4 heteroatoms. The van der Waals surface area contributed by atoms with Crippen LogP contribution in [0.5, 0.6) is 0 Å². The molecule has 1 aliphatic heterocycles. The van der Waals surface area contributed by atoms with Crippen LogP contribution >= 0.6 is 0 Å². The minimum Gasteiger partial charge on any atom is -0.338 e. The molecule has 1 aromatic carbocycles. The Bertz CT molecular complexity index is 650. The van der Waals surface area contributed by atoms with Gasteiger partial charge in [0.1, 0.15) is 0 Å². The van der Waals surface area contributed by atoms with Crippen molar-refractivity contribution in [2.75, 3.05) is 20.1 Å². The summed E-state index contributed by atoms with van der Waals surface area (Å²) in [4.78, 5) is 19.2. The molecule has 0 aliphatic carbocycles. The van der Waals surface area contributed by atoms with Crippen molar-refractivity contribution in [2.45, 2.75) is 19.4 Å². The lowest BCUT2D eigenvalue weighted by Crippen LogP contribution is -2.49. The van der Waals surface area contributed by atoms with Crippen LogP contribution in [0.1, 0.15) is 23.7 Å². The molecule has 2 unspecified atom stereocenters. The van der Waals surface area contributed by atoms with E-state index in [9.17, 15) is 4.79 Å². The molecule has 21 heavy (non-hydrogen) atoms. The third-order valence-electron chi connectivity index (χ3n) is 4.43. The van der Waals surface area contributed by atoms with E-state index in [-0.39, 0.29) is 5.91 Å². The van der Waals surface area contributed by atoms with Crippen molar-refractivity contribution in [1.29, 1.82) is 0 Å². The second-order valence-corrected chi connectivity index (χ2v) is 5.79. The van der Waals surface area contributed by atoms with E-state index in [0.29, 0.717) is 17.5 Å². The quantitative estimate of drug-likeness (QED) is 0.920. The SMILES string of the molecule is CNC1CCN(C(=O)c2cccc3cccnc23)CC1C. The number of carbonyl (C=O) groups is 1. The van der Waals surface area contributed by atoms with Crippen LogP contribution in [0.2, 0.25) is 0 Å². The van der Waals surface area contributed by atoms with Gasteiger partial charge in [-0.05, 0) is 31.5 Å². The Kier molecular flexibility index (Phi) is 3.88. The van der Waals surface area contributed by atoms with Crippen LogP contribution < -0.4 is 5.32 Å². The summed E-state index contributed by atoms with van der Waals surface area (Å²) < 4.78 is 0. The van der Waals surface area contributed by atoms with Crippen molar-refractivity contribution in [3.63, 3.8) is 0 Å². The van der Waals surface area contributed by atoms with Crippen LogP contribution in [-0.4, -0.2) is 42.0 Å². The van der Waals surface area contributed by atoms with Crippen molar-refractivity contribution < 1.29 is 4.79 Å². The second-order valence-electron chi connectivity index (χ2n) is 5.79. The molecule has 2 heterocycles. The van der Waals surface area contributed by atoms with Crippen molar-refractivity contribution in [2.24, 2.45) is 5.92 Å². The highest BCUT2D eigenvalue weighted by Gasteiger charge is 2.28. The van der Waals surface area contributed by atoms with Crippen LogP contribution in [0.4, 0.5) is 0 Å². The third kappa shape index (κ3) is 2.63. The van der Waals surface area contributed by atoms with Crippen LogP contribution in [-0.2, 0) is 0 Å². The zero-order chi connectivity index (χ0) is 14.8. The molecule has 2 atom stereocenters. The first kappa shape index (κ1) is 14.0. The summed E-state index contributed by atoms with van der Waals surface area (Å²) in [5, 5.41) is 4.35. The molecule has 3 rings (SSSR count). The van der Waals surface area contributed by atoms with E-state index in [4.69, 9.17) is 0 Å². The Balaban J connectivity index is 1.88. The zero-order valence-electron chi connectivity index (χ0n) is 12.5. The first-order chi connectivity index (χ1) is 10.2. The number of fused-ring (bicyclic) bond motifs is 1. The molecule has 0 radical (unpaired) electrons. The molecule has 4 nitrogen and oxygen atoms in total. The fraction of sp³-hybridized carbons (Fsp3) is 0.412. The first-order valence-electron chi connectivity index (χ1n) is 7.51. The van der Waals surface area contributed by atoms with Crippen molar-refractivity contribution >= 4 is 16.8 Å². The van der Waals surface area contributed by atoms with Gasteiger partial charge < -0.3 is 10.2 Å². The number of para-hydroxylation sites is 1. The molecule has 2 aromatic rings. The summed E-state index contributed by atoms with van der Waals surface area (Å²) in [5.74, 6) is 0.566. The minimum absolute atomic E-state index is 0.0979. The third-order valence-corrected chi connectivity index (χ3v) is 4.43. The van der Waals surface area contributed by atoms with E-state index in [1.807, 2.05) is 42.3 Å². The van der Waals surface area contributed by atoms with Crippen molar-refractivity contribution in [1.82, 2.24) is 15.2 Å². The molecule has 1 aromatic heterocycles. The number of piperidine rings is 1. The molecule has 0 bridgehead atoms. The van der Waals surface area contributed by atoms with Gasteiger partial charge in [0, 0.05) is 30.7 Å². The number of benzene rings is 1. The van der Waals surface area contributed by atoms with Crippen LogP contribution in [0, 0.1) is 5.92 Å². The molecule has 1 N–H and O–H groups in total. The van der Waals surface area contributed by atoms with Crippen molar-refractivity contribution in [3.05, 3.63) is 42.1 Å². The van der Waals surface area contributed by atoms with Crippen LogP contribution in [0.15, 0.2) is 36.5 Å². The molecule has 0 saturated carbocycles. The summed E-state index contributed by atoms with van der Waals surface area (Å²) in [7, 11) is 1.99. The molecule has 110 valence electrons. The van der Waals surface area contributed by atoms with Gasteiger partial charge in [-0.3, -0.25) is 9.78 Å². The number of aromatic nitrogens is 1. The number of nitrogens with one attached hydrogen (secondary N) is 1. The van der Waals surface area contributed by atoms with E-state index in [0.717, 1.165) is 30.4 Å². The van der Waals surface area contributed by atoms with Gasteiger partial charge in [-0.1, -0.05) is 25.1 Å². The van der Waals surface area contributed by atoms with Gasteiger partial charge in [0.05, 0.1) is 11.1 Å². The number of nitrogens with zero attached hydrogens (tertiary/aromatic N) is 2.